The minimum absolute atomic E-state index is 0.0439. The number of esters is 1. The first-order chi connectivity index (χ1) is 14.4. The number of nitro groups is 1. The van der Waals surface area contributed by atoms with E-state index in [-0.39, 0.29) is 28.4 Å². The highest BCUT2D eigenvalue weighted by Crippen LogP contribution is 2.29. The largest absolute Gasteiger partial charge is 0.494 e. The number of amides is 1. The summed E-state index contributed by atoms with van der Waals surface area (Å²) in [6.07, 6.45) is -4.47. The first-order valence-electron chi connectivity index (χ1n) is 9.04. The van der Waals surface area contributed by atoms with Crippen LogP contribution in [0.2, 0.25) is 0 Å². The fraction of sp³-hybridized carbons (Fsp3) is 0.368. The lowest BCUT2D eigenvalue weighted by Crippen LogP contribution is -2.22. The Morgan fingerprint density at radius 1 is 1.23 bits per heavy atom. The molecule has 0 atom stereocenters. The van der Waals surface area contributed by atoms with Crippen LogP contribution < -0.4 is 10.1 Å². The van der Waals surface area contributed by atoms with Gasteiger partial charge in [0.15, 0.2) is 6.61 Å². The van der Waals surface area contributed by atoms with Gasteiger partial charge in [-0.25, -0.2) is 4.79 Å². The quantitative estimate of drug-likeness (QED) is 0.378. The number of carbonyl (C=O) groups excluding carboxylic acids is 2. The maximum absolute atomic E-state index is 12.7. The Hall–Kier alpha value is -3.57. The van der Waals surface area contributed by atoms with Crippen molar-refractivity contribution in [1.29, 1.82) is 0 Å². The van der Waals surface area contributed by atoms with Crippen LogP contribution in [0.5, 0.6) is 5.75 Å². The molecule has 1 aromatic carbocycles. The van der Waals surface area contributed by atoms with Gasteiger partial charge in [-0.3, -0.25) is 14.9 Å². The standard InChI is InChI=1S/C19H20F3N3O6/c1-4-30-13-5-6-15(16(8-13)25(28)29)23-17(26)9-31-18(27)14-7-11(2)24(12(14)3)10-19(20,21)22/h5-8H,4,9-10H2,1-3H3,(H,23,26). The number of nitrogens with zero attached hydrogens (tertiary/aromatic N) is 2. The monoisotopic (exact) mass is 443 g/mol. The van der Waals surface area contributed by atoms with Gasteiger partial charge in [0.1, 0.15) is 18.0 Å². The van der Waals surface area contributed by atoms with Crippen molar-refractivity contribution in [2.45, 2.75) is 33.5 Å². The van der Waals surface area contributed by atoms with E-state index in [1.54, 1.807) is 6.92 Å². The molecule has 0 aliphatic carbocycles. The van der Waals surface area contributed by atoms with Crippen LogP contribution in [0.4, 0.5) is 24.5 Å². The van der Waals surface area contributed by atoms with E-state index in [0.717, 1.165) is 10.6 Å². The summed E-state index contributed by atoms with van der Waals surface area (Å²) in [4.78, 5) is 34.8. The minimum Gasteiger partial charge on any atom is -0.494 e. The lowest BCUT2D eigenvalue weighted by atomic mass is 10.2. The molecule has 0 aliphatic rings. The minimum atomic E-state index is -4.47. The zero-order valence-corrected chi connectivity index (χ0v) is 16.9. The van der Waals surface area contributed by atoms with Crippen LogP contribution in [0.1, 0.15) is 28.7 Å². The van der Waals surface area contributed by atoms with Gasteiger partial charge in [0.2, 0.25) is 0 Å². The average molecular weight is 443 g/mol. The molecule has 1 aromatic heterocycles. The summed E-state index contributed by atoms with van der Waals surface area (Å²) in [7, 11) is 0. The first-order valence-corrected chi connectivity index (χ1v) is 9.04. The summed E-state index contributed by atoms with van der Waals surface area (Å²) in [6, 6.07) is 5.07. The molecule has 0 spiro atoms. The molecular formula is C19H20F3N3O6. The Balaban J connectivity index is 2.06. The number of ether oxygens (including phenoxy) is 2. The number of rotatable bonds is 8. The topological polar surface area (TPSA) is 113 Å². The SMILES string of the molecule is CCOc1ccc(NC(=O)COC(=O)c2cc(C)n(CC(F)(F)F)c2C)c([N+](=O)[O-])c1. The summed E-state index contributed by atoms with van der Waals surface area (Å²) in [5, 5.41) is 13.5. The molecule has 0 unspecified atom stereocenters. The second-order valence-electron chi connectivity index (χ2n) is 6.48. The molecule has 1 amide bonds. The van der Waals surface area contributed by atoms with Crippen molar-refractivity contribution in [3.8, 4) is 5.75 Å². The second kappa shape index (κ2) is 9.49. The Morgan fingerprint density at radius 2 is 1.90 bits per heavy atom. The molecule has 168 valence electrons. The maximum atomic E-state index is 12.7. The number of hydrogen-bond donors (Lipinski definition) is 1. The molecule has 0 aliphatic heterocycles. The van der Waals surface area contributed by atoms with Gasteiger partial charge < -0.3 is 19.4 Å². The van der Waals surface area contributed by atoms with E-state index in [1.807, 2.05) is 0 Å². The number of halogens is 3. The number of anilines is 1. The predicted octanol–water partition coefficient (Wildman–Crippen LogP) is 3.77. The van der Waals surface area contributed by atoms with Crippen molar-refractivity contribution in [3.05, 3.63) is 51.3 Å². The molecule has 0 saturated heterocycles. The molecule has 2 aromatic rings. The van der Waals surface area contributed by atoms with Crippen LogP contribution in [-0.2, 0) is 16.1 Å². The van der Waals surface area contributed by atoms with Gasteiger partial charge >= 0.3 is 12.1 Å². The average Bonchev–Trinajstić information content (AvgIpc) is 2.94. The van der Waals surface area contributed by atoms with Crippen molar-refractivity contribution < 1.29 is 37.2 Å². The van der Waals surface area contributed by atoms with Crippen LogP contribution >= 0.6 is 0 Å². The molecule has 0 radical (unpaired) electrons. The van der Waals surface area contributed by atoms with Gasteiger partial charge in [0.25, 0.3) is 11.6 Å². The number of aryl methyl sites for hydroxylation is 1. The number of carbonyl (C=O) groups is 2. The van der Waals surface area contributed by atoms with E-state index in [9.17, 15) is 32.9 Å². The zero-order chi connectivity index (χ0) is 23.3. The highest BCUT2D eigenvalue weighted by Gasteiger charge is 2.30. The lowest BCUT2D eigenvalue weighted by molar-refractivity contribution is -0.384. The van der Waals surface area contributed by atoms with Crippen molar-refractivity contribution in [2.75, 3.05) is 18.5 Å². The number of hydrogen-bond acceptors (Lipinski definition) is 6. The van der Waals surface area contributed by atoms with Crippen LogP contribution in [0, 0.1) is 24.0 Å². The molecular weight excluding hydrogens is 423 g/mol. The predicted molar refractivity (Wildman–Crippen MR) is 103 cm³/mol. The van der Waals surface area contributed by atoms with E-state index >= 15 is 0 Å². The number of nitrogens with one attached hydrogen (secondary N) is 1. The fourth-order valence-electron chi connectivity index (χ4n) is 2.85. The number of alkyl halides is 3. The van der Waals surface area contributed by atoms with Crippen molar-refractivity contribution >= 4 is 23.3 Å². The maximum Gasteiger partial charge on any atom is 0.406 e. The molecule has 0 saturated carbocycles. The molecule has 2 rings (SSSR count). The second-order valence-corrected chi connectivity index (χ2v) is 6.48. The van der Waals surface area contributed by atoms with Gasteiger partial charge in [-0.05, 0) is 39.0 Å². The van der Waals surface area contributed by atoms with Gasteiger partial charge in [-0.2, -0.15) is 13.2 Å². The highest BCUT2D eigenvalue weighted by atomic mass is 19.4. The van der Waals surface area contributed by atoms with Gasteiger partial charge in [0, 0.05) is 11.4 Å². The normalized spacial score (nSPS) is 11.2. The van der Waals surface area contributed by atoms with Gasteiger partial charge in [-0.15, -0.1) is 0 Å². The highest BCUT2D eigenvalue weighted by molar-refractivity contribution is 5.97. The van der Waals surface area contributed by atoms with Gasteiger partial charge in [0.05, 0.1) is 23.2 Å². The summed E-state index contributed by atoms with van der Waals surface area (Å²) in [5.74, 6) is -1.60. The molecule has 12 heteroatoms. The van der Waals surface area contributed by atoms with Crippen LogP contribution in [0.25, 0.3) is 0 Å². The third-order valence-corrected chi connectivity index (χ3v) is 4.22. The summed E-state index contributed by atoms with van der Waals surface area (Å²) < 4.78 is 49.0. The van der Waals surface area contributed by atoms with Crippen molar-refractivity contribution in [3.63, 3.8) is 0 Å². The van der Waals surface area contributed by atoms with Crippen molar-refractivity contribution in [1.82, 2.24) is 4.57 Å². The molecule has 9 nitrogen and oxygen atoms in total. The van der Waals surface area contributed by atoms with E-state index in [0.29, 0.717) is 6.61 Å². The number of nitro benzene ring substituents is 1. The molecule has 1 N–H and O–H groups in total. The van der Waals surface area contributed by atoms with Crippen molar-refractivity contribution in [2.24, 2.45) is 0 Å². The van der Waals surface area contributed by atoms with E-state index in [1.165, 1.54) is 32.0 Å². The summed E-state index contributed by atoms with van der Waals surface area (Å²) in [5.41, 5.74) is -0.403. The Morgan fingerprint density at radius 3 is 2.48 bits per heavy atom. The summed E-state index contributed by atoms with van der Waals surface area (Å²) >= 11 is 0. The smallest absolute Gasteiger partial charge is 0.406 e. The van der Waals surface area contributed by atoms with E-state index in [2.05, 4.69) is 5.32 Å². The zero-order valence-electron chi connectivity index (χ0n) is 16.9. The summed E-state index contributed by atoms with van der Waals surface area (Å²) in [6.45, 7) is 2.69. The number of benzene rings is 1. The number of aromatic nitrogens is 1. The molecule has 0 fully saturated rings. The Labute approximate surface area is 174 Å². The molecule has 31 heavy (non-hydrogen) atoms. The molecule has 0 bridgehead atoms. The van der Waals surface area contributed by atoms with Gasteiger partial charge in [-0.1, -0.05) is 0 Å². The Bertz CT molecular complexity index is 1000. The molecule has 1 heterocycles. The van der Waals surface area contributed by atoms with Crippen LogP contribution in [0.15, 0.2) is 24.3 Å². The third-order valence-electron chi connectivity index (χ3n) is 4.22. The van der Waals surface area contributed by atoms with E-state index < -0.39 is 41.8 Å². The lowest BCUT2D eigenvalue weighted by Gasteiger charge is -2.12. The fourth-order valence-corrected chi connectivity index (χ4v) is 2.85. The Kier molecular flexibility index (Phi) is 7.26. The van der Waals surface area contributed by atoms with E-state index in [4.69, 9.17) is 9.47 Å². The first kappa shape index (κ1) is 23.7. The third kappa shape index (κ3) is 6.20. The van der Waals surface area contributed by atoms with Crippen LogP contribution in [-0.4, -0.2) is 40.8 Å². The van der Waals surface area contributed by atoms with Crippen LogP contribution in [0.3, 0.4) is 0 Å².